The monoisotopic (exact) mass is 493 g/mol. The third-order valence-electron chi connectivity index (χ3n) is 5.28. The second kappa shape index (κ2) is 7.69. The first-order valence-electron chi connectivity index (χ1n) is 9.44. The van der Waals surface area contributed by atoms with Crippen LogP contribution in [-0.2, 0) is 24.6 Å². The van der Waals surface area contributed by atoms with E-state index in [1.165, 1.54) is 25.5 Å². The molecule has 0 radical (unpaired) electrons. The highest BCUT2D eigenvalue weighted by Gasteiger charge is 2.52. The molecule has 168 valence electrons. The number of hydrogen-bond donors (Lipinski definition) is 3. The van der Waals surface area contributed by atoms with Crippen molar-refractivity contribution in [1.82, 2.24) is 14.7 Å². The van der Waals surface area contributed by atoms with Crippen molar-refractivity contribution in [2.24, 2.45) is 0 Å². The van der Waals surface area contributed by atoms with E-state index in [-0.39, 0.29) is 21.3 Å². The van der Waals surface area contributed by atoms with Crippen molar-refractivity contribution in [2.75, 3.05) is 17.7 Å². The Morgan fingerprint density at radius 2 is 1.59 bits per heavy atom. The molecule has 2 aromatic carbocycles. The summed E-state index contributed by atoms with van der Waals surface area (Å²) in [6, 6.07) is 11.3. The number of hydrogen-bond acceptors (Lipinski definition) is 8. The van der Waals surface area contributed by atoms with Gasteiger partial charge in [-0.15, -0.1) is 0 Å². The SMILES string of the molecule is CNS(=O)(=O)c1cc(Nc2cc(Nc3ccc(Cl)cc3)ncn2)c2c(c1)C(C)(C)S2(=O)=O. The number of benzene rings is 2. The third-order valence-corrected chi connectivity index (χ3v) is 9.46. The van der Waals surface area contributed by atoms with Gasteiger partial charge in [0.15, 0.2) is 9.84 Å². The van der Waals surface area contributed by atoms with Crippen LogP contribution in [0.5, 0.6) is 0 Å². The highest BCUT2D eigenvalue weighted by molar-refractivity contribution is 7.94. The van der Waals surface area contributed by atoms with Crippen molar-refractivity contribution in [3.8, 4) is 0 Å². The van der Waals surface area contributed by atoms with Crippen molar-refractivity contribution >= 4 is 54.5 Å². The molecule has 1 aliphatic rings. The van der Waals surface area contributed by atoms with E-state index in [2.05, 4.69) is 25.3 Å². The molecule has 0 saturated heterocycles. The summed E-state index contributed by atoms with van der Waals surface area (Å²) in [4.78, 5) is 8.31. The fourth-order valence-corrected chi connectivity index (χ4v) is 6.09. The summed E-state index contributed by atoms with van der Waals surface area (Å²) >= 11 is 5.90. The molecule has 3 aromatic rings. The van der Waals surface area contributed by atoms with Gasteiger partial charge in [0.1, 0.15) is 18.0 Å². The molecule has 4 rings (SSSR count). The molecular weight excluding hydrogens is 474 g/mol. The minimum Gasteiger partial charge on any atom is -0.340 e. The van der Waals surface area contributed by atoms with Gasteiger partial charge >= 0.3 is 0 Å². The van der Waals surface area contributed by atoms with Crippen molar-refractivity contribution in [1.29, 1.82) is 0 Å². The molecule has 0 spiro atoms. The lowest BCUT2D eigenvalue weighted by Gasteiger charge is -2.39. The average molecular weight is 494 g/mol. The zero-order valence-electron chi connectivity index (χ0n) is 17.3. The van der Waals surface area contributed by atoms with Crippen LogP contribution in [0.4, 0.5) is 23.0 Å². The number of nitrogens with one attached hydrogen (secondary N) is 3. The van der Waals surface area contributed by atoms with Gasteiger partial charge in [0.25, 0.3) is 0 Å². The first kappa shape index (κ1) is 22.5. The highest BCUT2D eigenvalue weighted by atomic mass is 35.5. The largest absolute Gasteiger partial charge is 0.340 e. The smallest absolute Gasteiger partial charge is 0.240 e. The quantitative estimate of drug-likeness (QED) is 0.475. The van der Waals surface area contributed by atoms with Gasteiger partial charge in [0, 0.05) is 16.8 Å². The Hall–Kier alpha value is -2.73. The first-order chi connectivity index (χ1) is 15.0. The fourth-order valence-electron chi connectivity index (χ4n) is 3.37. The lowest BCUT2D eigenvalue weighted by atomic mass is 10.00. The Morgan fingerprint density at radius 3 is 2.22 bits per heavy atom. The van der Waals surface area contributed by atoms with Crippen LogP contribution in [0.1, 0.15) is 19.4 Å². The van der Waals surface area contributed by atoms with Crippen LogP contribution < -0.4 is 15.4 Å². The van der Waals surface area contributed by atoms with Crippen LogP contribution in [0.3, 0.4) is 0 Å². The second-order valence-corrected chi connectivity index (χ2v) is 12.4. The standard InChI is InChI=1S/C20H20ClN5O4S2/c1-20(2)15-8-14(32(29,30)22-3)9-16(19(15)31(20,27)28)26-18-10-17(23-11-24-18)25-13-6-4-12(21)5-7-13/h4-11,22H,1-3H3,(H2,23,24,25,26). The van der Waals surface area contributed by atoms with Gasteiger partial charge in [0.05, 0.1) is 20.2 Å². The van der Waals surface area contributed by atoms with Gasteiger partial charge in [-0.25, -0.2) is 31.5 Å². The maximum atomic E-state index is 12.9. The molecule has 0 fully saturated rings. The molecule has 0 amide bonds. The normalized spacial score (nSPS) is 16.0. The predicted octanol–water partition coefficient (Wildman–Crippen LogP) is 3.55. The Kier molecular flexibility index (Phi) is 5.40. The van der Waals surface area contributed by atoms with E-state index < -0.39 is 24.6 Å². The summed E-state index contributed by atoms with van der Waals surface area (Å²) in [5, 5.41) is 6.64. The summed E-state index contributed by atoms with van der Waals surface area (Å²) in [6.07, 6.45) is 1.31. The summed E-state index contributed by atoms with van der Waals surface area (Å²) in [7, 11) is -6.16. The van der Waals surface area contributed by atoms with Crippen LogP contribution in [-0.4, -0.2) is 33.9 Å². The van der Waals surface area contributed by atoms with Crippen LogP contribution in [0, 0.1) is 0 Å². The molecule has 2 heterocycles. The maximum Gasteiger partial charge on any atom is 0.240 e. The molecule has 0 unspecified atom stereocenters. The van der Waals surface area contributed by atoms with Gasteiger partial charge in [-0.3, -0.25) is 0 Å². The second-order valence-electron chi connectivity index (χ2n) is 7.61. The van der Waals surface area contributed by atoms with Crippen molar-refractivity contribution in [3.05, 3.63) is 59.4 Å². The van der Waals surface area contributed by atoms with E-state index in [1.807, 2.05) is 0 Å². The minimum absolute atomic E-state index is 0.0437. The Bertz CT molecular complexity index is 1420. The zero-order chi connectivity index (χ0) is 23.3. The van der Waals surface area contributed by atoms with Crippen LogP contribution in [0.15, 0.2) is 58.6 Å². The molecule has 0 atom stereocenters. The first-order valence-corrected chi connectivity index (χ1v) is 12.8. The highest BCUT2D eigenvalue weighted by Crippen LogP contribution is 2.52. The molecule has 3 N–H and O–H groups in total. The number of aromatic nitrogens is 2. The summed E-state index contributed by atoms with van der Waals surface area (Å²) in [5.74, 6) is 0.739. The van der Waals surface area contributed by atoms with E-state index in [9.17, 15) is 16.8 Å². The number of rotatable bonds is 6. The van der Waals surface area contributed by atoms with Gasteiger partial charge in [0.2, 0.25) is 10.0 Å². The molecule has 1 aliphatic heterocycles. The Balaban J connectivity index is 1.74. The van der Waals surface area contributed by atoms with E-state index in [0.29, 0.717) is 16.4 Å². The third kappa shape index (κ3) is 3.71. The zero-order valence-corrected chi connectivity index (χ0v) is 19.7. The molecule has 1 aromatic heterocycles. The number of halogens is 1. The van der Waals surface area contributed by atoms with Gasteiger partial charge in [-0.1, -0.05) is 11.6 Å². The number of sulfonamides is 1. The van der Waals surface area contributed by atoms with Gasteiger partial charge in [-0.05, 0) is 62.9 Å². The summed E-state index contributed by atoms with van der Waals surface area (Å²) in [5.41, 5.74) is 1.30. The van der Waals surface area contributed by atoms with Crippen molar-refractivity contribution in [2.45, 2.75) is 28.4 Å². The van der Waals surface area contributed by atoms with E-state index in [0.717, 1.165) is 5.69 Å². The average Bonchev–Trinajstić information content (AvgIpc) is 2.75. The maximum absolute atomic E-state index is 12.9. The molecule has 0 saturated carbocycles. The minimum atomic E-state index is -3.80. The summed E-state index contributed by atoms with van der Waals surface area (Å²) < 4.78 is 51.6. The molecular formula is C20H20ClN5O4S2. The molecule has 12 heteroatoms. The number of sulfone groups is 1. The Morgan fingerprint density at radius 1 is 0.969 bits per heavy atom. The van der Waals surface area contributed by atoms with E-state index in [4.69, 9.17) is 11.6 Å². The predicted molar refractivity (Wildman–Crippen MR) is 123 cm³/mol. The molecule has 0 aliphatic carbocycles. The molecule has 32 heavy (non-hydrogen) atoms. The van der Waals surface area contributed by atoms with Crippen LogP contribution >= 0.6 is 11.6 Å². The van der Waals surface area contributed by atoms with Gasteiger partial charge < -0.3 is 10.6 Å². The van der Waals surface area contributed by atoms with E-state index >= 15 is 0 Å². The van der Waals surface area contributed by atoms with Crippen molar-refractivity contribution < 1.29 is 16.8 Å². The number of anilines is 4. The summed E-state index contributed by atoms with van der Waals surface area (Å²) in [6.45, 7) is 3.09. The lowest BCUT2D eigenvalue weighted by Crippen LogP contribution is -2.41. The topological polar surface area (TPSA) is 130 Å². The number of fused-ring (bicyclic) bond motifs is 1. The van der Waals surface area contributed by atoms with Crippen LogP contribution in [0.25, 0.3) is 0 Å². The van der Waals surface area contributed by atoms with Gasteiger partial charge in [-0.2, -0.15) is 0 Å². The fraction of sp³-hybridized carbons (Fsp3) is 0.200. The molecule has 0 bridgehead atoms. The van der Waals surface area contributed by atoms with Crippen molar-refractivity contribution in [3.63, 3.8) is 0 Å². The lowest BCUT2D eigenvalue weighted by molar-refractivity contribution is 0.525. The Labute approximate surface area is 191 Å². The van der Waals surface area contributed by atoms with E-state index in [1.54, 1.807) is 44.2 Å². The molecule has 9 nitrogen and oxygen atoms in total. The van der Waals surface area contributed by atoms with Crippen LogP contribution in [0.2, 0.25) is 5.02 Å². The number of nitrogens with zero attached hydrogens (tertiary/aromatic N) is 2.